The summed E-state index contributed by atoms with van der Waals surface area (Å²) in [5.74, 6) is 0.727. The zero-order chi connectivity index (χ0) is 22.9. The van der Waals surface area contributed by atoms with Crippen LogP contribution in [0, 0.1) is 34.5 Å². The first-order valence-electron chi connectivity index (χ1n) is 11.8. The number of benzene rings is 1. The van der Waals surface area contributed by atoms with Crippen LogP contribution in [-0.4, -0.2) is 45.6 Å². The Morgan fingerprint density at radius 2 is 1.97 bits per heavy atom. The van der Waals surface area contributed by atoms with E-state index in [-0.39, 0.29) is 41.7 Å². The largest absolute Gasteiger partial charge is 0.446 e. The highest BCUT2D eigenvalue weighted by Gasteiger charge is 2.59. The summed E-state index contributed by atoms with van der Waals surface area (Å²) in [7, 11) is 0. The molecule has 4 aliphatic carbocycles. The summed E-state index contributed by atoms with van der Waals surface area (Å²) < 4.78 is 7.74. The molecule has 1 aromatic carbocycles. The first kappa shape index (κ1) is 20.3. The van der Waals surface area contributed by atoms with Gasteiger partial charge in [-0.1, -0.05) is 0 Å². The van der Waals surface area contributed by atoms with Gasteiger partial charge < -0.3 is 20.4 Å². The minimum Gasteiger partial charge on any atom is -0.446 e. The van der Waals surface area contributed by atoms with E-state index in [1.807, 2.05) is 0 Å². The van der Waals surface area contributed by atoms with E-state index < -0.39 is 5.41 Å². The monoisotopic (exact) mass is 449 g/mol. The van der Waals surface area contributed by atoms with E-state index in [1.165, 1.54) is 0 Å². The van der Waals surface area contributed by atoms with Crippen molar-refractivity contribution in [1.82, 2.24) is 14.5 Å². The van der Waals surface area contributed by atoms with Crippen molar-refractivity contribution in [1.29, 1.82) is 5.26 Å². The number of nitriles is 1. The highest BCUT2D eigenvalue weighted by atomic mass is 16.6. The molecule has 4 saturated carbocycles. The summed E-state index contributed by atoms with van der Waals surface area (Å²) in [6.07, 6.45) is 4.52. The maximum Gasteiger partial charge on any atom is 0.410 e. The fourth-order valence-electron chi connectivity index (χ4n) is 7.34. The molecule has 3 N–H and O–H groups in total. The molecule has 0 radical (unpaired) electrons. The van der Waals surface area contributed by atoms with Gasteiger partial charge in [0.05, 0.1) is 34.1 Å². The fourth-order valence-corrected chi connectivity index (χ4v) is 7.34. The highest BCUT2D eigenvalue weighted by molar-refractivity contribution is 5.81. The van der Waals surface area contributed by atoms with E-state index in [0.717, 1.165) is 37.6 Å². The van der Waals surface area contributed by atoms with E-state index in [1.54, 1.807) is 27.7 Å². The van der Waals surface area contributed by atoms with Crippen LogP contribution in [0.2, 0.25) is 0 Å². The summed E-state index contributed by atoms with van der Waals surface area (Å²) >= 11 is 0. The first-order chi connectivity index (χ1) is 15.9. The number of H-pyrrole nitrogens is 1. The molecule has 172 valence electrons. The fraction of sp³-hybridized carbons (Fsp3) is 0.583. The third kappa shape index (κ3) is 3.07. The van der Waals surface area contributed by atoms with Crippen molar-refractivity contribution in [2.24, 2.45) is 28.9 Å². The molecule has 33 heavy (non-hydrogen) atoms. The number of aromatic amines is 1. The maximum absolute atomic E-state index is 13.1. The minimum absolute atomic E-state index is 0.150. The normalized spacial score (nSPS) is 34.5. The minimum atomic E-state index is -0.403. The lowest BCUT2D eigenvalue weighted by Gasteiger charge is -2.58. The molecular formula is C24H27N5O4. The number of primary amides is 1. The van der Waals surface area contributed by atoms with Crippen molar-refractivity contribution >= 4 is 23.0 Å². The number of imidazole rings is 1. The molecule has 4 bridgehead atoms. The second kappa shape index (κ2) is 7.11. The van der Waals surface area contributed by atoms with Gasteiger partial charge in [-0.2, -0.15) is 5.26 Å². The number of likely N-dealkylation sites (tertiary alicyclic amines) is 1. The molecule has 5 aliphatic rings. The quantitative estimate of drug-likeness (QED) is 0.741. The molecule has 1 saturated heterocycles. The lowest BCUT2D eigenvalue weighted by atomic mass is 9.48. The number of carbonyl (C=O) groups is 2. The van der Waals surface area contributed by atoms with Gasteiger partial charge in [-0.05, 0) is 74.5 Å². The molecule has 9 heteroatoms. The van der Waals surface area contributed by atoms with Crippen LogP contribution in [-0.2, 0) is 9.53 Å². The predicted molar refractivity (Wildman–Crippen MR) is 118 cm³/mol. The Bertz CT molecular complexity index is 1240. The summed E-state index contributed by atoms with van der Waals surface area (Å²) in [4.78, 5) is 42.4. The smallest absolute Gasteiger partial charge is 0.410 e. The Labute approximate surface area is 190 Å². The zero-order valence-corrected chi connectivity index (χ0v) is 18.3. The van der Waals surface area contributed by atoms with Crippen molar-refractivity contribution in [3.63, 3.8) is 0 Å². The van der Waals surface area contributed by atoms with Crippen LogP contribution in [0.1, 0.15) is 50.1 Å². The number of rotatable bonds is 3. The molecule has 5 fully saturated rings. The molecule has 7 rings (SSSR count). The van der Waals surface area contributed by atoms with Gasteiger partial charge in [-0.15, -0.1) is 0 Å². The van der Waals surface area contributed by atoms with Crippen LogP contribution in [0.5, 0.6) is 0 Å². The number of fused-ring (bicyclic) bond motifs is 1. The average molecular weight is 450 g/mol. The number of nitrogens with two attached hydrogens (primary N) is 1. The van der Waals surface area contributed by atoms with Gasteiger partial charge in [0.15, 0.2) is 0 Å². The molecule has 5 unspecified atom stereocenters. The Kier molecular flexibility index (Phi) is 4.38. The molecular weight excluding hydrogens is 422 g/mol. The van der Waals surface area contributed by atoms with Crippen LogP contribution in [0.25, 0.3) is 11.0 Å². The molecule has 1 aromatic heterocycles. The Hall–Kier alpha value is -3.28. The van der Waals surface area contributed by atoms with Crippen molar-refractivity contribution < 1.29 is 14.3 Å². The van der Waals surface area contributed by atoms with Gasteiger partial charge in [0, 0.05) is 13.1 Å². The number of ether oxygens (including phenoxy) is 1. The molecule has 9 nitrogen and oxygen atoms in total. The number of amides is 2. The van der Waals surface area contributed by atoms with Gasteiger partial charge in [-0.3, -0.25) is 9.36 Å². The Balaban J connectivity index is 1.16. The lowest BCUT2D eigenvalue weighted by molar-refractivity contribution is -0.161. The molecule has 2 aromatic rings. The lowest BCUT2D eigenvalue weighted by Crippen LogP contribution is -2.59. The van der Waals surface area contributed by atoms with Gasteiger partial charge >= 0.3 is 11.8 Å². The van der Waals surface area contributed by atoms with Crippen molar-refractivity contribution in [3.8, 4) is 6.07 Å². The van der Waals surface area contributed by atoms with E-state index in [9.17, 15) is 14.4 Å². The SMILES string of the molecule is N#Cc1ccc2c(c1)[nH]c(=O)n2C1CCN(C(=O)OC2C3CC4C[C@@H]2CC(C(N)=O)(C4)C3)C1. The number of hydrogen-bond acceptors (Lipinski definition) is 5. The number of nitrogens with one attached hydrogen (secondary N) is 1. The topological polar surface area (TPSA) is 134 Å². The molecule has 2 amide bonds. The molecule has 2 heterocycles. The highest BCUT2D eigenvalue weighted by Crippen LogP contribution is 2.60. The second-order valence-corrected chi connectivity index (χ2v) is 10.5. The number of aromatic nitrogens is 2. The van der Waals surface area contributed by atoms with E-state index in [4.69, 9.17) is 15.7 Å². The molecule has 0 spiro atoms. The summed E-state index contributed by atoms with van der Waals surface area (Å²) in [6, 6.07) is 7.07. The average Bonchev–Trinajstić information content (AvgIpc) is 3.38. The van der Waals surface area contributed by atoms with Crippen LogP contribution < -0.4 is 11.4 Å². The van der Waals surface area contributed by atoms with Gasteiger partial charge in [-0.25, -0.2) is 9.59 Å². The van der Waals surface area contributed by atoms with Gasteiger partial charge in [0.25, 0.3) is 0 Å². The first-order valence-corrected chi connectivity index (χ1v) is 11.8. The van der Waals surface area contributed by atoms with E-state index in [2.05, 4.69) is 11.1 Å². The van der Waals surface area contributed by atoms with Crippen molar-refractivity contribution in [2.45, 2.75) is 50.7 Å². The van der Waals surface area contributed by atoms with Gasteiger partial charge in [0.2, 0.25) is 5.91 Å². The molecule has 6 atom stereocenters. The number of carbonyl (C=O) groups excluding carboxylic acids is 2. The number of nitrogens with zero attached hydrogens (tertiary/aromatic N) is 3. The van der Waals surface area contributed by atoms with Crippen molar-refractivity contribution in [2.75, 3.05) is 13.1 Å². The third-order valence-corrected chi connectivity index (χ3v) is 8.58. The summed E-state index contributed by atoms with van der Waals surface area (Å²) in [5.41, 5.74) is 6.97. The van der Waals surface area contributed by atoms with Gasteiger partial charge in [0.1, 0.15) is 6.10 Å². The Morgan fingerprint density at radius 1 is 1.21 bits per heavy atom. The number of hydrogen-bond donors (Lipinski definition) is 2. The zero-order valence-electron chi connectivity index (χ0n) is 18.3. The van der Waals surface area contributed by atoms with E-state index in [0.29, 0.717) is 36.5 Å². The van der Waals surface area contributed by atoms with Crippen molar-refractivity contribution in [3.05, 3.63) is 34.2 Å². The standard InChI is InChI=1S/C24H27N5O4/c25-11-13-1-2-19-18(7-13)27-22(31)29(19)17-3-4-28(12-17)23(32)33-20-15-5-14-6-16(20)10-24(8-14,9-15)21(26)30/h1-2,7,14-17,20H,3-6,8-10,12H2,(H2,26,30)(H,27,31)/t14?,15-,16?,17?,20?,24?/m1/s1. The van der Waals surface area contributed by atoms with Crippen LogP contribution in [0.15, 0.2) is 23.0 Å². The molecule has 1 aliphatic heterocycles. The van der Waals surface area contributed by atoms with Crippen LogP contribution in [0.4, 0.5) is 4.79 Å². The van der Waals surface area contributed by atoms with Crippen LogP contribution in [0.3, 0.4) is 0 Å². The van der Waals surface area contributed by atoms with E-state index >= 15 is 0 Å². The Morgan fingerprint density at radius 3 is 2.67 bits per heavy atom. The van der Waals surface area contributed by atoms with Crippen LogP contribution >= 0.6 is 0 Å². The predicted octanol–water partition coefficient (Wildman–Crippen LogP) is 2.26. The maximum atomic E-state index is 13.1. The summed E-state index contributed by atoms with van der Waals surface area (Å²) in [6.45, 7) is 0.927. The second-order valence-electron chi connectivity index (χ2n) is 10.5. The third-order valence-electron chi connectivity index (χ3n) is 8.58. The summed E-state index contributed by atoms with van der Waals surface area (Å²) in [5, 5.41) is 9.10.